The first-order chi connectivity index (χ1) is 12.6. The van der Waals surface area contributed by atoms with E-state index >= 15 is 0 Å². The van der Waals surface area contributed by atoms with Gasteiger partial charge in [0.2, 0.25) is 0 Å². The number of benzene rings is 2. The molecule has 0 aliphatic carbocycles. The Balaban J connectivity index is 1.59. The quantitative estimate of drug-likeness (QED) is 0.662. The van der Waals surface area contributed by atoms with Crippen LogP contribution in [0, 0.1) is 6.92 Å². The Labute approximate surface area is 158 Å². The predicted molar refractivity (Wildman–Crippen MR) is 106 cm³/mol. The van der Waals surface area contributed by atoms with Crippen molar-refractivity contribution in [3.05, 3.63) is 88.7 Å². The molecule has 0 unspecified atom stereocenters. The van der Waals surface area contributed by atoms with Gasteiger partial charge in [0.25, 0.3) is 5.91 Å². The summed E-state index contributed by atoms with van der Waals surface area (Å²) < 4.78 is 0. The van der Waals surface area contributed by atoms with Crippen molar-refractivity contribution < 1.29 is 4.79 Å². The molecule has 0 fully saturated rings. The van der Waals surface area contributed by atoms with Crippen LogP contribution in [0.4, 0.5) is 11.4 Å². The predicted octanol–water partition coefficient (Wildman–Crippen LogP) is 4.76. The number of amides is 1. The Kier molecular flexibility index (Phi) is 5.87. The minimum Gasteiger partial charge on any atom is -0.354 e. The number of nitrogens with one attached hydrogen (secondary N) is 2. The molecule has 0 spiro atoms. The highest BCUT2D eigenvalue weighted by molar-refractivity contribution is 6.30. The molecule has 0 aliphatic heterocycles. The van der Waals surface area contributed by atoms with Crippen molar-refractivity contribution in [2.45, 2.75) is 13.3 Å². The number of rotatable bonds is 6. The summed E-state index contributed by atoms with van der Waals surface area (Å²) in [6.45, 7) is 2.57. The van der Waals surface area contributed by atoms with Crippen molar-refractivity contribution in [2.75, 3.05) is 11.9 Å². The third-order valence-corrected chi connectivity index (χ3v) is 4.13. The zero-order valence-corrected chi connectivity index (χ0v) is 15.3. The highest BCUT2D eigenvalue weighted by Gasteiger charge is 2.07. The number of carbonyl (C=O) groups is 1. The van der Waals surface area contributed by atoms with Crippen LogP contribution in [-0.4, -0.2) is 17.4 Å². The fourth-order valence-electron chi connectivity index (χ4n) is 2.64. The Bertz CT molecular complexity index is 911. The molecule has 0 saturated carbocycles. The van der Waals surface area contributed by atoms with E-state index in [1.54, 1.807) is 18.5 Å². The van der Waals surface area contributed by atoms with E-state index in [0.29, 0.717) is 17.1 Å². The number of aryl methyl sites for hydroxylation is 1. The van der Waals surface area contributed by atoms with Crippen LogP contribution >= 0.6 is 11.6 Å². The Morgan fingerprint density at radius 1 is 1.04 bits per heavy atom. The maximum absolute atomic E-state index is 12.4. The van der Waals surface area contributed by atoms with Gasteiger partial charge in [0.1, 0.15) is 0 Å². The summed E-state index contributed by atoms with van der Waals surface area (Å²) in [5, 5.41) is 6.89. The van der Waals surface area contributed by atoms with Crippen LogP contribution in [0.3, 0.4) is 0 Å². The normalized spacial score (nSPS) is 10.4. The summed E-state index contributed by atoms with van der Waals surface area (Å²) in [7, 11) is 0. The van der Waals surface area contributed by atoms with E-state index in [1.165, 1.54) is 0 Å². The van der Waals surface area contributed by atoms with E-state index in [4.69, 9.17) is 11.6 Å². The van der Waals surface area contributed by atoms with Crippen molar-refractivity contribution in [2.24, 2.45) is 0 Å². The summed E-state index contributed by atoms with van der Waals surface area (Å²) in [5.41, 5.74) is 4.51. The molecule has 1 heterocycles. The molecule has 4 nitrogen and oxygen atoms in total. The molecule has 3 aromatic rings. The van der Waals surface area contributed by atoms with Gasteiger partial charge in [0.15, 0.2) is 0 Å². The number of nitrogens with zero attached hydrogens (tertiary/aromatic N) is 1. The lowest BCUT2D eigenvalue weighted by Crippen LogP contribution is -2.25. The van der Waals surface area contributed by atoms with Crippen LogP contribution in [0.2, 0.25) is 5.02 Å². The number of pyridine rings is 1. The molecule has 5 heteroatoms. The summed E-state index contributed by atoms with van der Waals surface area (Å²) in [6, 6.07) is 17.5. The van der Waals surface area contributed by atoms with Gasteiger partial charge in [-0.1, -0.05) is 35.9 Å². The van der Waals surface area contributed by atoms with Crippen LogP contribution in [0.5, 0.6) is 0 Å². The number of hydrogen-bond acceptors (Lipinski definition) is 3. The summed E-state index contributed by atoms with van der Waals surface area (Å²) >= 11 is 5.97. The summed E-state index contributed by atoms with van der Waals surface area (Å²) in [5.74, 6) is -0.146. The van der Waals surface area contributed by atoms with Gasteiger partial charge < -0.3 is 10.6 Å². The molecule has 0 saturated heterocycles. The first-order valence-electron chi connectivity index (χ1n) is 8.41. The molecule has 2 N–H and O–H groups in total. The minimum atomic E-state index is -0.146. The lowest BCUT2D eigenvalue weighted by Gasteiger charge is -2.09. The standard InChI is InChI=1S/C21H20ClN3O/c1-15-4-2-7-19(10-15)25-20-12-17(13-23-14-20)21(26)24-9-8-16-5-3-6-18(22)11-16/h2-7,10-14,25H,8-9H2,1H3,(H,24,26). The Hall–Kier alpha value is -2.85. The van der Waals surface area contributed by atoms with Crippen LogP contribution < -0.4 is 10.6 Å². The molecule has 1 aromatic heterocycles. The molecule has 3 rings (SSSR count). The van der Waals surface area contributed by atoms with Gasteiger partial charge in [-0.2, -0.15) is 0 Å². The van der Waals surface area contributed by atoms with E-state index in [9.17, 15) is 4.79 Å². The SMILES string of the molecule is Cc1cccc(Nc2cncc(C(=O)NCCc3cccc(Cl)c3)c2)c1. The van der Waals surface area contributed by atoms with Crippen molar-refractivity contribution in [1.82, 2.24) is 10.3 Å². The maximum atomic E-state index is 12.4. The van der Waals surface area contributed by atoms with Gasteiger partial charge in [0.05, 0.1) is 17.4 Å². The zero-order chi connectivity index (χ0) is 18.4. The molecule has 2 aromatic carbocycles. The average molecular weight is 366 g/mol. The smallest absolute Gasteiger partial charge is 0.252 e. The largest absolute Gasteiger partial charge is 0.354 e. The number of carbonyl (C=O) groups excluding carboxylic acids is 1. The number of anilines is 2. The number of aromatic nitrogens is 1. The molecule has 132 valence electrons. The van der Waals surface area contributed by atoms with Gasteiger partial charge in [-0.3, -0.25) is 9.78 Å². The Morgan fingerprint density at radius 2 is 1.88 bits per heavy atom. The van der Waals surface area contributed by atoms with Crippen molar-refractivity contribution in [3.63, 3.8) is 0 Å². The lowest BCUT2D eigenvalue weighted by atomic mass is 10.1. The molecule has 0 atom stereocenters. The third-order valence-electron chi connectivity index (χ3n) is 3.90. The van der Waals surface area contributed by atoms with Gasteiger partial charge in [0, 0.05) is 23.5 Å². The monoisotopic (exact) mass is 365 g/mol. The van der Waals surface area contributed by atoms with Gasteiger partial charge in [-0.15, -0.1) is 0 Å². The zero-order valence-electron chi connectivity index (χ0n) is 14.5. The second-order valence-corrected chi connectivity index (χ2v) is 6.53. The molecule has 0 bridgehead atoms. The van der Waals surface area contributed by atoms with E-state index in [-0.39, 0.29) is 5.91 Å². The molecule has 0 aliphatic rings. The molecular formula is C21H20ClN3O. The minimum absolute atomic E-state index is 0.146. The lowest BCUT2D eigenvalue weighted by molar-refractivity contribution is 0.0954. The average Bonchev–Trinajstić information content (AvgIpc) is 2.62. The molecule has 1 amide bonds. The fourth-order valence-corrected chi connectivity index (χ4v) is 2.85. The van der Waals surface area contributed by atoms with Gasteiger partial charge >= 0.3 is 0 Å². The van der Waals surface area contributed by atoms with E-state index in [0.717, 1.165) is 28.9 Å². The first kappa shape index (κ1) is 18.0. The van der Waals surface area contributed by atoms with Gasteiger partial charge in [-0.25, -0.2) is 0 Å². The maximum Gasteiger partial charge on any atom is 0.252 e. The van der Waals surface area contributed by atoms with Crippen molar-refractivity contribution >= 4 is 28.9 Å². The van der Waals surface area contributed by atoms with E-state index in [1.807, 2.05) is 55.5 Å². The summed E-state index contributed by atoms with van der Waals surface area (Å²) in [4.78, 5) is 16.5. The second kappa shape index (κ2) is 8.50. The van der Waals surface area contributed by atoms with Crippen molar-refractivity contribution in [3.8, 4) is 0 Å². The first-order valence-corrected chi connectivity index (χ1v) is 8.79. The highest BCUT2D eigenvalue weighted by atomic mass is 35.5. The van der Waals surface area contributed by atoms with Crippen LogP contribution in [-0.2, 0) is 6.42 Å². The van der Waals surface area contributed by atoms with Crippen LogP contribution in [0.25, 0.3) is 0 Å². The topological polar surface area (TPSA) is 54.0 Å². The third kappa shape index (κ3) is 5.07. The molecular weight excluding hydrogens is 346 g/mol. The molecule has 0 radical (unpaired) electrons. The van der Waals surface area contributed by atoms with Gasteiger partial charge in [-0.05, 0) is 54.8 Å². The van der Waals surface area contributed by atoms with E-state index in [2.05, 4.69) is 15.6 Å². The Morgan fingerprint density at radius 3 is 2.69 bits per heavy atom. The van der Waals surface area contributed by atoms with Crippen LogP contribution in [0.15, 0.2) is 67.0 Å². The van der Waals surface area contributed by atoms with E-state index < -0.39 is 0 Å². The number of hydrogen-bond donors (Lipinski definition) is 2. The highest BCUT2D eigenvalue weighted by Crippen LogP contribution is 2.17. The van der Waals surface area contributed by atoms with Crippen LogP contribution in [0.1, 0.15) is 21.5 Å². The summed E-state index contributed by atoms with van der Waals surface area (Å²) in [6.07, 6.45) is 3.99. The van der Waals surface area contributed by atoms with Crippen molar-refractivity contribution in [1.29, 1.82) is 0 Å². The number of halogens is 1. The molecule has 26 heavy (non-hydrogen) atoms. The second-order valence-electron chi connectivity index (χ2n) is 6.09. The fraction of sp³-hybridized carbons (Fsp3) is 0.143.